The highest BCUT2D eigenvalue weighted by molar-refractivity contribution is 5.47. The van der Waals surface area contributed by atoms with Gasteiger partial charge < -0.3 is 0 Å². The fourth-order valence-electron chi connectivity index (χ4n) is 1.24. The Morgan fingerprint density at radius 1 is 1.23 bits per heavy atom. The van der Waals surface area contributed by atoms with Gasteiger partial charge in [-0.2, -0.15) is 0 Å². The van der Waals surface area contributed by atoms with Gasteiger partial charge >= 0.3 is 0 Å². The van der Waals surface area contributed by atoms with Crippen LogP contribution in [0, 0.1) is 0 Å². The molecule has 0 heteroatoms. The number of aryl methyl sites for hydroxylation is 1. The predicted molar refractivity (Wildman–Crippen MR) is 59.7 cm³/mol. The van der Waals surface area contributed by atoms with Gasteiger partial charge in [-0.1, -0.05) is 49.1 Å². The summed E-state index contributed by atoms with van der Waals surface area (Å²) in [6.45, 7) is 5.78. The molecule has 0 saturated carbocycles. The highest BCUT2D eigenvalue weighted by Gasteiger charge is 1.90. The van der Waals surface area contributed by atoms with Crippen molar-refractivity contribution in [3.8, 4) is 0 Å². The van der Waals surface area contributed by atoms with Crippen LogP contribution < -0.4 is 0 Å². The van der Waals surface area contributed by atoms with Crippen LogP contribution in [0.4, 0.5) is 0 Å². The van der Waals surface area contributed by atoms with Gasteiger partial charge in [0, 0.05) is 0 Å². The lowest BCUT2D eigenvalue weighted by Crippen LogP contribution is -1.82. The van der Waals surface area contributed by atoms with E-state index in [0.29, 0.717) is 0 Å². The van der Waals surface area contributed by atoms with E-state index in [1.807, 2.05) is 6.08 Å². The smallest absolute Gasteiger partial charge is 0.0244 e. The lowest BCUT2D eigenvalue weighted by atomic mass is 10.1. The van der Waals surface area contributed by atoms with Gasteiger partial charge in [-0.3, -0.25) is 0 Å². The minimum Gasteiger partial charge on any atom is -0.0985 e. The fraction of sp³-hybridized carbons (Fsp3) is 0.231. The van der Waals surface area contributed by atoms with E-state index in [4.69, 9.17) is 0 Å². The average Bonchev–Trinajstić information content (AvgIpc) is 2.19. The van der Waals surface area contributed by atoms with Crippen molar-refractivity contribution in [2.24, 2.45) is 0 Å². The van der Waals surface area contributed by atoms with Crippen LogP contribution in [0.5, 0.6) is 0 Å². The Hall–Kier alpha value is -1.30. The van der Waals surface area contributed by atoms with Gasteiger partial charge in [-0.25, -0.2) is 0 Å². The van der Waals surface area contributed by atoms with Crippen molar-refractivity contribution in [1.82, 2.24) is 0 Å². The van der Waals surface area contributed by atoms with E-state index in [-0.39, 0.29) is 0 Å². The monoisotopic (exact) mass is 172 g/mol. The highest BCUT2D eigenvalue weighted by Crippen LogP contribution is 2.07. The maximum absolute atomic E-state index is 3.72. The molecule has 0 N–H and O–H groups in total. The van der Waals surface area contributed by atoms with Gasteiger partial charge in [0.05, 0.1) is 0 Å². The van der Waals surface area contributed by atoms with Crippen LogP contribution in [-0.4, -0.2) is 0 Å². The first-order chi connectivity index (χ1) is 6.36. The fourth-order valence-corrected chi connectivity index (χ4v) is 1.24. The molecule has 68 valence electrons. The lowest BCUT2D eigenvalue weighted by molar-refractivity contribution is 0.999. The molecule has 0 bridgehead atoms. The van der Waals surface area contributed by atoms with Gasteiger partial charge in [-0.05, 0) is 30.9 Å². The third-order valence-corrected chi connectivity index (χ3v) is 2.05. The molecule has 1 aromatic rings. The van der Waals surface area contributed by atoms with Gasteiger partial charge in [0.25, 0.3) is 0 Å². The summed E-state index contributed by atoms with van der Waals surface area (Å²) in [7, 11) is 0. The van der Waals surface area contributed by atoms with E-state index < -0.39 is 0 Å². The Labute approximate surface area is 80.6 Å². The number of allylic oxidation sites excluding steroid dienone is 2. The zero-order chi connectivity index (χ0) is 9.52. The van der Waals surface area contributed by atoms with Gasteiger partial charge in [0.2, 0.25) is 0 Å². The summed E-state index contributed by atoms with van der Waals surface area (Å²) in [5, 5.41) is 0. The molecule has 0 heterocycles. The Bertz CT molecular complexity index is 277. The summed E-state index contributed by atoms with van der Waals surface area (Å²) in [6, 6.07) is 8.55. The Kier molecular flexibility index (Phi) is 4.04. The van der Waals surface area contributed by atoms with E-state index in [2.05, 4.69) is 49.9 Å². The number of hydrogen-bond donors (Lipinski definition) is 0. The SMILES string of the molecule is C=Cc1ccc(CC/C=C\C)cc1. The Morgan fingerprint density at radius 2 is 1.92 bits per heavy atom. The molecular weight excluding hydrogens is 156 g/mol. The van der Waals surface area contributed by atoms with Gasteiger partial charge in [0.15, 0.2) is 0 Å². The molecule has 0 aliphatic rings. The molecule has 0 aliphatic heterocycles. The summed E-state index contributed by atoms with van der Waals surface area (Å²) in [6.07, 6.45) is 8.42. The van der Waals surface area contributed by atoms with E-state index in [1.54, 1.807) is 0 Å². The normalized spacial score (nSPS) is 10.5. The molecule has 0 atom stereocenters. The maximum atomic E-state index is 3.72. The number of rotatable bonds is 4. The van der Waals surface area contributed by atoms with Crippen molar-refractivity contribution < 1.29 is 0 Å². The second kappa shape index (κ2) is 5.36. The molecule has 0 aromatic heterocycles. The third-order valence-electron chi connectivity index (χ3n) is 2.05. The van der Waals surface area contributed by atoms with Crippen LogP contribution in [0.15, 0.2) is 43.0 Å². The van der Waals surface area contributed by atoms with Crippen LogP contribution in [0.2, 0.25) is 0 Å². The molecule has 0 saturated heterocycles. The third kappa shape index (κ3) is 3.29. The van der Waals surface area contributed by atoms with Crippen molar-refractivity contribution in [3.05, 3.63) is 54.1 Å². The second-order valence-corrected chi connectivity index (χ2v) is 3.05. The van der Waals surface area contributed by atoms with Crippen LogP contribution in [0.3, 0.4) is 0 Å². The van der Waals surface area contributed by atoms with Crippen LogP contribution >= 0.6 is 0 Å². The summed E-state index contributed by atoms with van der Waals surface area (Å²) < 4.78 is 0. The minimum atomic E-state index is 1.13. The summed E-state index contributed by atoms with van der Waals surface area (Å²) >= 11 is 0. The van der Waals surface area contributed by atoms with E-state index in [0.717, 1.165) is 12.8 Å². The predicted octanol–water partition coefficient (Wildman–Crippen LogP) is 3.84. The van der Waals surface area contributed by atoms with Gasteiger partial charge in [-0.15, -0.1) is 0 Å². The second-order valence-electron chi connectivity index (χ2n) is 3.05. The van der Waals surface area contributed by atoms with Crippen LogP contribution in [-0.2, 0) is 6.42 Å². The van der Waals surface area contributed by atoms with E-state index in [9.17, 15) is 0 Å². The number of hydrogen-bond acceptors (Lipinski definition) is 0. The summed E-state index contributed by atoms with van der Waals surface area (Å²) in [5.74, 6) is 0. The molecule has 0 amide bonds. The largest absolute Gasteiger partial charge is 0.0985 e. The summed E-state index contributed by atoms with van der Waals surface area (Å²) in [5.41, 5.74) is 2.58. The molecule has 0 fully saturated rings. The molecular formula is C13H16. The quantitative estimate of drug-likeness (QED) is 0.605. The van der Waals surface area contributed by atoms with Crippen molar-refractivity contribution in [2.75, 3.05) is 0 Å². The highest BCUT2D eigenvalue weighted by atomic mass is 14.0. The maximum Gasteiger partial charge on any atom is -0.0244 e. The average molecular weight is 172 g/mol. The van der Waals surface area contributed by atoms with Crippen LogP contribution in [0.25, 0.3) is 6.08 Å². The molecule has 13 heavy (non-hydrogen) atoms. The first-order valence-corrected chi connectivity index (χ1v) is 4.69. The molecule has 0 nitrogen and oxygen atoms in total. The standard InChI is InChI=1S/C13H16/c1-3-5-6-7-13-10-8-12(4-2)9-11-13/h3-5,8-11H,2,6-7H2,1H3/b5-3-. The van der Waals surface area contributed by atoms with Crippen molar-refractivity contribution in [3.63, 3.8) is 0 Å². The van der Waals surface area contributed by atoms with Crippen molar-refractivity contribution >= 4 is 6.08 Å². The Balaban J connectivity index is 2.53. The molecule has 1 rings (SSSR count). The van der Waals surface area contributed by atoms with Crippen molar-refractivity contribution in [1.29, 1.82) is 0 Å². The zero-order valence-corrected chi connectivity index (χ0v) is 8.16. The topological polar surface area (TPSA) is 0 Å². The van der Waals surface area contributed by atoms with Crippen molar-refractivity contribution in [2.45, 2.75) is 19.8 Å². The molecule has 0 unspecified atom stereocenters. The first-order valence-electron chi connectivity index (χ1n) is 4.69. The number of benzene rings is 1. The first kappa shape index (κ1) is 9.79. The van der Waals surface area contributed by atoms with E-state index in [1.165, 1.54) is 11.1 Å². The van der Waals surface area contributed by atoms with Gasteiger partial charge in [0.1, 0.15) is 0 Å². The van der Waals surface area contributed by atoms with Crippen LogP contribution in [0.1, 0.15) is 24.5 Å². The lowest BCUT2D eigenvalue weighted by Gasteiger charge is -1.98. The Morgan fingerprint density at radius 3 is 2.46 bits per heavy atom. The molecule has 0 aliphatic carbocycles. The summed E-state index contributed by atoms with van der Waals surface area (Å²) in [4.78, 5) is 0. The molecule has 0 radical (unpaired) electrons. The minimum absolute atomic E-state index is 1.13. The molecule has 0 spiro atoms. The molecule has 1 aromatic carbocycles. The van der Waals surface area contributed by atoms with E-state index >= 15 is 0 Å². The zero-order valence-electron chi connectivity index (χ0n) is 8.16.